The van der Waals surface area contributed by atoms with Gasteiger partial charge in [0.25, 0.3) is 0 Å². The number of carboxylic acid groups (broad SMARTS) is 1. The average Bonchev–Trinajstić information content (AvgIpc) is 2.72. The Hall–Kier alpha value is -1.36. The van der Waals surface area contributed by atoms with Crippen molar-refractivity contribution in [3.05, 3.63) is 18.0 Å². The van der Waals surface area contributed by atoms with Gasteiger partial charge in [0.05, 0.1) is 6.10 Å². The van der Waals surface area contributed by atoms with Gasteiger partial charge in [-0.2, -0.15) is 0 Å². The van der Waals surface area contributed by atoms with Crippen LogP contribution in [0.3, 0.4) is 0 Å². The van der Waals surface area contributed by atoms with Crippen molar-refractivity contribution in [2.75, 3.05) is 0 Å². The number of nitrogens with zero attached hydrogens (tertiary/aromatic N) is 1. The molecular formula is C10H13NO4. The molecular weight excluding hydrogens is 198 g/mol. The summed E-state index contributed by atoms with van der Waals surface area (Å²) in [6, 6.07) is 1.59. The molecule has 0 saturated heterocycles. The molecule has 15 heavy (non-hydrogen) atoms. The van der Waals surface area contributed by atoms with E-state index in [1.54, 1.807) is 6.07 Å². The number of carbonyl (C=O) groups is 1. The Morgan fingerprint density at radius 1 is 1.53 bits per heavy atom. The van der Waals surface area contributed by atoms with Crippen molar-refractivity contribution >= 4 is 5.97 Å². The van der Waals surface area contributed by atoms with Crippen LogP contribution in [0.5, 0.6) is 0 Å². The Morgan fingerprint density at radius 3 is 2.67 bits per heavy atom. The third-order valence-corrected chi connectivity index (χ3v) is 3.15. The smallest absolute Gasteiger partial charge is 0.315 e. The predicted molar refractivity (Wildman–Crippen MR) is 50.3 cm³/mol. The molecule has 1 fully saturated rings. The summed E-state index contributed by atoms with van der Waals surface area (Å²) in [7, 11) is 0. The van der Waals surface area contributed by atoms with Gasteiger partial charge in [0.2, 0.25) is 0 Å². The minimum atomic E-state index is -0.966. The minimum absolute atomic E-state index is 0.385. The van der Waals surface area contributed by atoms with E-state index in [4.69, 9.17) is 4.52 Å². The molecule has 2 rings (SSSR count). The van der Waals surface area contributed by atoms with Crippen molar-refractivity contribution in [1.29, 1.82) is 0 Å². The van der Waals surface area contributed by atoms with Gasteiger partial charge in [0.1, 0.15) is 17.4 Å². The summed E-state index contributed by atoms with van der Waals surface area (Å²) < 4.78 is 4.69. The molecule has 1 aromatic rings. The fourth-order valence-electron chi connectivity index (χ4n) is 2.13. The molecule has 0 bridgehead atoms. The lowest BCUT2D eigenvalue weighted by Gasteiger charge is -2.33. The first-order chi connectivity index (χ1) is 7.15. The normalized spacial score (nSPS) is 31.4. The quantitative estimate of drug-likeness (QED) is 0.760. The standard InChI is InChI=1S/C10H13NO4/c12-7-1-4-10(5-2-7,9(13)14)8-3-6-15-11-8/h3,6-7,12H,1-2,4-5H2,(H,13,14). The van der Waals surface area contributed by atoms with Gasteiger partial charge in [-0.15, -0.1) is 0 Å². The van der Waals surface area contributed by atoms with Crippen LogP contribution in [0, 0.1) is 0 Å². The number of carboxylic acids is 1. The van der Waals surface area contributed by atoms with Gasteiger partial charge < -0.3 is 14.7 Å². The summed E-state index contributed by atoms with van der Waals surface area (Å²) in [5.74, 6) is -0.886. The van der Waals surface area contributed by atoms with Crippen LogP contribution in [-0.4, -0.2) is 27.4 Å². The second-order valence-electron chi connectivity index (χ2n) is 4.00. The van der Waals surface area contributed by atoms with E-state index in [1.807, 2.05) is 0 Å². The van der Waals surface area contributed by atoms with Gasteiger partial charge in [-0.05, 0) is 25.7 Å². The molecule has 1 saturated carbocycles. The summed E-state index contributed by atoms with van der Waals surface area (Å²) in [4.78, 5) is 11.3. The van der Waals surface area contributed by atoms with E-state index in [-0.39, 0.29) is 6.10 Å². The van der Waals surface area contributed by atoms with Gasteiger partial charge in [-0.1, -0.05) is 5.16 Å². The zero-order valence-electron chi connectivity index (χ0n) is 8.22. The van der Waals surface area contributed by atoms with Crippen LogP contribution in [-0.2, 0) is 10.2 Å². The van der Waals surface area contributed by atoms with E-state index in [9.17, 15) is 15.0 Å². The van der Waals surface area contributed by atoms with E-state index in [0.29, 0.717) is 31.4 Å². The molecule has 5 nitrogen and oxygen atoms in total. The largest absolute Gasteiger partial charge is 0.481 e. The van der Waals surface area contributed by atoms with Crippen LogP contribution in [0.15, 0.2) is 16.9 Å². The molecule has 0 aliphatic heterocycles. The monoisotopic (exact) mass is 211 g/mol. The molecule has 0 atom stereocenters. The van der Waals surface area contributed by atoms with Gasteiger partial charge in [-0.25, -0.2) is 0 Å². The molecule has 0 spiro atoms. The molecule has 0 amide bonds. The molecule has 1 heterocycles. The fraction of sp³-hybridized carbons (Fsp3) is 0.600. The zero-order valence-corrected chi connectivity index (χ0v) is 8.22. The topological polar surface area (TPSA) is 83.6 Å². The molecule has 0 unspecified atom stereocenters. The summed E-state index contributed by atoms with van der Waals surface area (Å²) in [5, 5.41) is 22.4. The second kappa shape index (κ2) is 3.66. The third kappa shape index (κ3) is 1.63. The van der Waals surface area contributed by atoms with E-state index in [2.05, 4.69) is 5.16 Å². The number of hydrogen-bond acceptors (Lipinski definition) is 4. The molecule has 1 aliphatic carbocycles. The molecule has 2 N–H and O–H groups in total. The summed E-state index contributed by atoms with van der Waals surface area (Å²) in [6.45, 7) is 0. The van der Waals surface area contributed by atoms with Crippen LogP contribution in [0.2, 0.25) is 0 Å². The molecule has 5 heteroatoms. The van der Waals surface area contributed by atoms with Crippen molar-refractivity contribution in [3.8, 4) is 0 Å². The zero-order chi connectivity index (χ0) is 10.9. The summed E-state index contributed by atoms with van der Waals surface area (Å²) in [6.07, 6.45) is 2.82. The van der Waals surface area contributed by atoms with Crippen LogP contribution in [0.4, 0.5) is 0 Å². The maximum Gasteiger partial charge on any atom is 0.315 e. The molecule has 1 aliphatic rings. The van der Waals surface area contributed by atoms with E-state index in [0.717, 1.165) is 0 Å². The number of aliphatic hydroxyl groups is 1. The number of hydrogen-bond donors (Lipinski definition) is 2. The molecule has 0 aromatic carbocycles. The van der Waals surface area contributed by atoms with Crippen LogP contribution in [0.1, 0.15) is 31.4 Å². The summed E-state index contributed by atoms with van der Waals surface area (Å²) in [5.41, 5.74) is -0.506. The Kier molecular flexibility index (Phi) is 2.48. The summed E-state index contributed by atoms with van der Waals surface area (Å²) >= 11 is 0. The maximum absolute atomic E-state index is 11.3. The van der Waals surface area contributed by atoms with E-state index in [1.165, 1.54) is 6.26 Å². The van der Waals surface area contributed by atoms with Crippen molar-refractivity contribution in [2.45, 2.75) is 37.2 Å². The highest BCUT2D eigenvalue weighted by molar-refractivity contribution is 5.80. The third-order valence-electron chi connectivity index (χ3n) is 3.15. The van der Waals surface area contributed by atoms with E-state index < -0.39 is 11.4 Å². The van der Waals surface area contributed by atoms with Gasteiger partial charge >= 0.3 is 5.97 Å². The van der Waals surface area contributed by atoms with Crippen molar-refractivity contribution < 1.29 is 19.5 Å². The number of aliphatic hydroxyl groups excluding tert-OH is 1. The second-order valence-corrected chi connectivity index (χ2v) is 4.00. The van der Waals surface area contributed by atoms with Crippen LogP contribution >= 0.6 is 0 Å². The molecule has 82 valence electrons. The van der Waals surface area contributed by atoms with Gasteiger partial charge in [0, 0.05) is 6.07 Å². The Labute approximate surface area is 86.7 Å². The first-order valence-corrected chi connectivity index (χ1v) is 4.97. The minimum Gasteiger partial charge on any atom is -0.481 e. The van der Waals surface area contributed by atoms with E-state index >= 15 is 0 Å². The van der Waals surface area contributed by atoms with Gasteiger partial charge in [0.15, 0.2) is 0 Å². The Balaban J connectivity index is 2.30. The number of rotatable bonds is 2. The first kappa shape index (κ1) is 10.2. The lowest BCUT2D eigenvalue weighted by atomic mass is 9.71. The SMILES string of the molecule is O=C(O)C1(c2ccon2)CCC(O)CC1. The maximum atomic E-state index is 11.3. The van der Waals surface area contributed by atoms with Crippen molar-refractivity contribution in [3.63, 3.8) is 0 Å². The van der Waals surface area contributed by atoms with Crippen molar-refractivity contribution in [2.24, 2.45) is 0 Å². The fourth-order valence-corrected chi connectivity index (χ4v) is 2.13. The highest BCUT2D eigenvalue weighted by atomic mass is 16.5. The molecule has 1 aromatic heterocycles. The highest BCUT2D eigenvalue weighted by Gasteiger charge is 2.45. The van der Waals surface area contributed by atoms with Crippen LogP contribution in [0.25, 0.3) is 0 Å². The lowest BCUT2D eigenvalue weighted by Crippen LogP contribution is -2.41. The van der Waals surface area contributed by atoms with Gasteiger partial charge in [-0.3, -0.25) is 4.79 Å². The average molecular weight is 211 g/mol. The van der Waals surface area contributed by atoms with Crippen molar-refractivity contribution in [1.82, 2.24) is 5.16 Å². The highest BCUT2D eigenvalue weighted by Crippen LogP contribution is 2.38. The predicted octanol–water partition coefficient (Wildman–Crippen LogP) is 0.932. The number of aromatic nitrogens is 1. The molecule has 0 radical (unpaired) electrons. The lowest BCUT2D eigenvalue weighted by molar-refractivity contribution is -0.146. The van der Waals surface area contributed by atoms with Crippen LogP contribution < -0.4 is 0 Å². The Morgan fingerprint density at radius 2 is 2.20 bits per heavy atom. The Bertz CT molecular complexity index is 338. The number of aliphatic carboxylic acids is 1. The first-order valence-electron chi connectivity index (χ1n) is 4.97.